The number of methoxy groups -OCH3 is 2. The van der Waals surface area contributed by atoms with Crippen LogP contribution in [0.5, 0.6) is 12.2 Å². The van der Waals surface area contributed by atoms with Gasteiger partial charge in [0, 0.05) is 11.1 Å². The Hall–Kier alpha value is -3.28. The Morgan fingerprint density at radius 1 is 0.821 bits per heavy atom. The van der Waals surface area contributed by atoms with Crippen LogP contribution < -0.4 is 9.47 Å². The van der Waals surface area contributed by atoms with Crippen molar-refractivity contribution in [2.45, 2.75) is 26.7 Å². The molecule has 0 unspecified atom stereocenters. The largest absolute Gasteiger partial charge is 0.453 e. The van der Waals surface area contributed by atoms with Crippen LogP contribution in [0, 0.1) is 13.8 Å². The molecule has 144 valence electrons. The second kappa shape index (κ2) is 7.03. The topological polar surface area (TPSA) is 70.5 Å². The number of benzene rings is 2. The maximum atomic E-state index is 5.74. The van der Waals surface area contributed by atoms with E-state index < -0.39 is 0 Å². The lowest BCUT2D eigenvalue weighted by atomic mass is 9.97. The first-order valence-corrected chi connectivity index (χ1v) is 9.01. The molecule has 0 radical (unpaired) electrons. The van der Waals surface area contributed by atoms with Crippen LogP contribution in [0.1, 0.15) is 22.3 Å². The molecule has 28 heavy (non-hydrogen) atoms. The first-order chi connectivity index (χ1) is 13.5. The average Bonchev–Trinajstić information content (AvgIpc) is 3.24. The molecule has 0 bridgehead atoms. The van der Waals surface area contributed by atoms with Gasteiger partial charge in [-0.25, -0.2) is 0 Å². The van der Waals surface area contributed by atoms with Gasteiger partial charge in [0.25, 0.3) is 0 Å². The predicted octanol–water partition coefficient (Wildman–Crippen LogP) is 4.94. The zero-order chi connectivity index (χ0) is 19.8. The van der Waals surface area contributed by atoms with Crippen molar-refractivity contribution in [1.82, 2.24) is 9.97 Å². The van der Waals surface area contributed by atoms with Crippen molar-refractivity contribution in [3.63, 3.8) is 0 Å². The van der Waals surface area contributed by atoms with Crippen LogP contribution in [0.25, 0.3) is 22.2 Å². The van der Waals surface area contributed by atoms with Crippen molar-refractivity contribution in [2.75, 3.05) is 14.2 Å². The van der Waals surface area contributed by atoms with Crippen molar-refractivity contribution in [1.29, 1.82) is 0 Å². The van der Waals surface area contributed by atoms with Crippen LogP contribution in [0.4, 0.5) is 0 Å². The number of aryl methyl sites for hydroxylation is 2. The summed E-state index contributed by atoms with van der Waals surface area (Å²) >= 11 is 0. The Labute approximate surface area is 162 Å². The molecule has 0 atom stereocenters. The molecule has 4 aromatic rings. The highest BCUT2D eigenvalue weighted by atomic mass is 16.6. The van der Waals surface area contributed by atoms with Gasteiger partial charge in [0.2, 0.25) is 0 Å². The van der Waals surface area contributed by atoms with Crippen LogP contribution in [-0.2, 0) is 12.8 Å². The molecule has 0 fully saturated rings. The molecular weight excluding hydrogens is 356 g/mol. The summed E-state index contributed by atoms with van der Waals surface area (Å²) in [4.78, 5) is 8.71. The third kappa shape index (κ3) is 3.33. The highest BCUT2D eigenvalue weighted by Gasteiger charge is 2.15. The summed E-state index contributed by atoms with van der Waals surface area (Å²) in [6.45, 7) is 8.36. The van der Waals surface area contributed by atoms with Crippen LogP contribution in [-0.4, -0.2) is 24.2 Å². The second-order valence-electron chi connectivity index (χ2n) is 7.02. The molecule has 6 nitrogen and oxygen atoms in total. The standard InChI is InChI=1S/C22H22N2O4/c1-12(6-15-8-13(2)10-17-19(15)27-21(23-17)25-4)7-16-9-14(3)11-18-20(16)28-22(24-18)26-5/h8-11H,1,6-7H2,2-5H3. The van der Waals surface area contributed by atoms with Gasteiger partial charge in [0.15, 0.2) is 11.2 Å². The van der Waals surface area contributed by atoms with E-state index in [9.17, 15) is 0 Å². The molecule has 0 saturated carbocycles. The normalized spacial score (nSPS) is 11.3. The Bertz CT molecular complexity index is 1090. The molecular formula is C22H22N2O4. The lowest BCUT2D eigenvalue weighted by Crippen LogP contribution is -1.97. The maximum Gasteiger partial charge on any atom is 0.394 e. The summed E-state index contributed by atoms with van der Waals surface area (Å²) in [5.41, 5.74) is 8.39. The average molecular weight is 378 g/mol. The van der Waals surface area contributed by atoms with E-state index in [-0.39, 0.29) is 12.2 Å². The fourth-order valence-corrected chi connectivity index (χ4v) is 3.51. The Balaban J connectivity index is 1.65. The van der Waals surface area contributed by atoms with Crippen molar-refractivity contribution in [3.05, 3.63) is 58.7 Å². The fourth-order valence-electron chi connectivity index (χ4n) is 3.51. The third-order valence-electron chi connectivity index (χ3n) is 4.61. The van der Waals surface area contributed by atoms with E-state index in [4.69, 9.17) is 18.3 Å². The number of oxazole rings is 2. The molecule has 0 aliphatic heterocycles. The van der Waals surface area contributed by atoms with E-state index in [0.717, 1.165) is 50.0 Å². The Morgan fingerprint density at radius 2 is 1.25 bits per heavy atom. The van der Waals surface area contributed by atoms with E-state index in [1.807, 2.05) is 26.0 Å². The van der Waals surface area contributed by atoms with E-state index in [1.54, 1.807) is 14.2 Å². The molecule has 2 aromatic heterocycles. The molecule has 0 N–H and O–H groups in total. The van der Waals surface area contributed by atoms with Gasteiger partial charge in [-0.15, -0.1) is 0 Å². The van der Waals surface area contributed by atoms with Crippen molar-refractivity contribution in [3.8, 4) is 12.2 Å². The lowest BCUT2D eigenvalue weighted by Gasteiger charge is -2.09. The van der Waals surface area contributed by atoms with Gasteiger partial charge in [-0.05, 0) is 49.9 Å². The molecule has 6 heteroatoms. The van der Waals surface area contributed by atoms with Crippen LogP contribution >= 0.6 is 0 Å². The number of ether oxygens (including phenoxy) is 2. The Morgan fingerprint density at radius 3 is 1.64 bits per heavy atom. The summed E-state index contributed by atoms with van der Waals surface area (Å²) in [5.74, 6) is 0. The summed E-state index contributed by atoms with van der Waals surface area (Å²) in [6.07, 6.45) is 1.86. The molecule has 0 amide bonds. The number of rotatable bonds is 6. The zero-order valence-corrected chi connectivity index (χ0v) is 16.5. The van der Waals surface area contributed by atoms with Gasteiger partial charge in [-0.1, -0.05) is 24.3 Å². The molecule has 0 aliphatic rings. The molecule has 4 rings (SSSR count). The monoisotopic (exact) mass is 378 g/mol. The minimum atomic E-state index is 0.265. The highest BCUT2D eigenvalue weighted by Crippen LogP contribution is 2.30. The summed E-state index contributed by atoms with van der Waals surface area (Å²) in [7, 11) is 3.09. The molecule has 0 saturated heterocycles. The molecule has 0 spiro atoms. The maximum absolute atomic E-state index is 5.74. The second-order valence-corrected chi connectivity index (χ2v) is 7.02. The SMILES string of the molecule is C=C(Cc1cc(C)cc2nc(OC)oc12)Cc1cc(C)cc2nc(OC)oc12. The number of fused-ring (bicyclic) bond motifs is 2. The minimum Gasteiger partial charge on any atom is -0.453 e. The van der Waals surface area contributed by atoms with Crippen LogP contribution in [0.15, 0.2) is 45.3 Å². The van der Waals surface area contributed by atoms with E-state index in [0.29, 0.717) is 12.8 Å². The van der Waals surface area contributed by atoms with E-state index in [1.165, 1.54) is 0 Å². The van der Waals surface area contributed by atoms with Crippen LogP contribution in [0.3, 0.4) is 0 Å². The summed E-state index contributed by atoms with van der Waals surface area (Å²) < 4.78 is 21.8. The van der Waals surface area contributed by atoms with Crippen molar-refractivity contribution in [2.24, 2.45) is 0 Å². The number of nitrogens with zero attached hydrogens (tertiary/aromatic N) is 2. The van der Waals surface area contributed by atoms with Gasteiger partial charge < -0.3 is 18.3 Å². The van der Waals surface area contributed by atoms with Gasteiger partial charge in [-0.2, -0.15) is 9.97 Å². The molecule has 2 heterocycles. The quantitative estimate of drug-likeness (QED) is 0.442. The van der Waals surface area contributed by atoms with Gasteiger partial charge >= 0.3 is 12.2 Å². The van der Waals surface area contributed by atoms with E-state index in [2.05, 4.69) is 28.7 Å². The first-order valence-electron chi connectivity index (χ1n) is 9.01. The summed E-state index contributed by atoms with van der Waals surface area (Å²) in [6, 6.07) is 8.17. The third-order valence-corrected chi connectivity index (χ3v) is 4.61. The van der Waals surface area contributed by atoms with Crippen molar-refractivity contribution < 1.29 is 18.3 Å². The number of allylic oxidation sites excluding steroid dienone is 1. The first kappa shape index (κ1) is 18.1. The number of hydrogen-bond donors (Lipinski definition) is 0. The predicted molar refractivity (Wildman–Crippen MR) is 107 cm³/mol. The smallest absolute Gasteiger partial charge is 0.394 e. The Kier molecular flexibility index (Phi) is 4.55. The van der Waals surface area contributed by atoms with Gasteiger partial charge in [-0.3, -0.25) is 0 Å². The van der Waals surface area contributed by atoms with Gasteiger partial charge in [0.1, 0.15) is 11.0 Å². The summed E-state index contributed by atoms with van der Waals surface area (Å²) in [5, 5.41) is 0. The minimum absolute atomic E-state index is 0.265. The molecule has 0 aliphatic carbocycles. The number of aromatic nitrogens is 2. The lowest BCUT2D eigenvalue weighted by molar-refractivity contribution is 0.299. The number of hydrogen-bond acceptors (Lipinski definition) is 6. The van der Waals surface area contributed by atoms with Crippen LogP contribution in [0.2, 0.25) is 0 Å². The van der Waals surface area contributed by atoms with Gasteiger partial charge in [0.05, 0.1) is 14.2 Å². The molecule has 2 aromatic carbocycles. The van der Waals surface area contributed by atoms with E-state index >= 15 is 0 Å². The zero-order valence-electron chi connectivity index (χ0n) is 16.5. The fraction of sp³-hybridized carbons (Fsp3) is 0.273. The highest BCUT2D eigenvalue weighted by molar-refractivity contribution is 5.79. The van der Waals surface area contributed by atoms with Crippen molar-refractivity contribution >= 4 is 22.2 Å².